The summed E-state index contributed by atoms with van der Waals surface area (Å²) in [4.78, 5) is 2.53. The highest BCUT2D eigenvalue weighted by molar-refractivity contribution is 7.89. The Morgan fingerprint density at radius 2 is 1.81 bits per heavy atom. The highest BCUT2D eigenvalue weighted by atomic mass is 35.5. The van der Waals surface area contributed by atoms with Crippen molar-refractivity contribution in [1.82, 2.24) is 14.1 Å². The van der Waals surface area contributed by atoms with Crippen LogP contribution in [0.3, 0.4) is 0 Å². The summed E-state index contributed by atoms with van der Waals surface area (Å²) < 4.78 is 29.8. The Labute approximate surface area is 165 Å². The Morgan fingerprint density at radius 3 is 2.48 bits per heavy atom. The molecule has 0 spiro atoms. The first-order chi connectivity index (χ1) is 12.9. The number of aryl methyl sites for hydroxylation is 1. The lowest BCUT2D eigenvalue weighted by Crippen LogP contribution is -2.48. The van der Waals surface area contributed by atoms with Gasteiger partial charge in [0.2, 0.25) is 10.0 Å². The van der Waals surface area contributed by atoms with Gasteiger partial charge in [-0.15, -0.1) is 0 Å². The largest absolute Gasteiger partial charge is 0.369 e. The van der Waals surface area contributed by atoms with Crippen LogP contribution in [-0.2, 0) is 10.0 Å². The lowest BCUT2D eigenvalue weighted by molar-refractivity contribution is 0.384. The van der Waals surface area contributed by atoms with Gasteiger partial charge in [-0.2, -0.15) is 9.40 Å². The molecule has 2 aliphatic rings. The summed E-state index contributed by atoms with van der Waals surface area (Å²) in [7, 11) is -3.52. The summed E-state index contributed by atoms with van der Waals surface area (Å²) in [5.74, 6) is 0. The molecule has 4 rings (SSSR count). The minimum absolute atomic E-state index is 0.340. The van der Waals surface area contributed by atoms with Crippen LogP contribution in [0.5, 0.6) is 0 Å². The van der Waals surface area contributed by atoms with Gasteiger partial charge in [-0.25, -0.2) is 8.42 Å². The fourth-order valence-corrected chi connectivity index (χ4v) is 5.83. The maximum Gasteiger partial charge on any atom is 0.246 e. The molecule has 1 aromatic heterocycles. The van der Waals surface area contributed by atoms with Gasteiger partial charge in [0.15, 0.2) is 0 Å². The smallest absolute Gasteiger partial charge is 0.246 e. The summed E-state index contributed by atoms with van der Waals surface area (Å²) in [5.41, 5.74) is 1.63. The number of sulfonamides is 1. The van der Waals surface area contributed by atoms with Crippen molar-refractivity contribution in [2.75, 3.05) is 31.1 Å². The van der Waals surface area contributed by atoms with Crippen LogP contribution in [0.4, 0.5) is 5.69 Å². The summed E-state index contributed by atoms with van der Waals surface area (Å²) in [6, 6.07) is 8.03. The second-order valence-electron chi connectivity index (χ2n) is 7.37. The van der Waals surface area contributed by atoms with E-state index in [-0.39, 0.29) is 0 Å². The van der Waals surface area contributed by atoms with Gasteiger partial charge in [0.1, 0.15) is 4.90 Å². The van der Waals surface area contributed by atoms with Crippen LogP contribution in [0.2, 0.25) is 5.02 Å². The van der Waals surface area contributed by atoms with E-state index in [0.717, 1.165) is 18.5 Å². The van der Waals surface area contributed by atoms with Crippen molar-refractivity contribution >= 4 is 27.3 Å². The van der Waals surface area contributed by atoms with Crippen molar-refractivity contribution < 1.29 is 8.42 Å². The Hall–Kier alpha value is -1.57. The Morgan fingerprint density at radius 1 is 1.11 bits per heavy atom. The van der Waals surface area contributed by atoms with E-state index in [1.54, 1.807) is 17.4 Å². The van der Waals surface area contributed by atoms with E-state index in [0.29, 0.717) is 47.8 Å². The topological polar surface area (TPSA) is 58.4 Å². The number of hydrogen-bond acceptors (Lipinski definition) is 4. The van der Waals surface area contributed by atoms with Crippen LogP contribution in [0, 0.1) is 6.92 Å². The van der Waals surface area contributed by atoms with E-state index in [1.165, 1.54) is 12.8 Å². The molecule has 1 saturated carbocycles. The predicted molar refractivity (Wildman–Crippen MR) is 107 cm³/mol. The molecule has 27 heavy (non-hydrogen) atoms. The summed E-state index contributed by atoms with van der Waals surface area (Å²) in [5, 5.41) is 5.20. The Balaban J connectivity index is 1.49. The molecule has 0 amide bonds. The van der Waals surface area contributed by atoms with E-state index in [1.807, 2.05) is 28.9 Å². The van der Waals surface area contributed by atoms with Crippen molar-refractivity contribution in [3.8, 4) is 0 Å². The average molecular weight is 409 g/mol. The zero-order chi connectivity index (χ0) is 19.0. The fourth-order valence-electron chi connectivity index (χ4n) is 4.07. The number of nitrogens with zero attached hydrogens (tertiary/aromatic N) is 4. The van der Waals surface area contributed by atoms with E-state index in [9.17, 15) is 8.42 Å². The monoisotopic (exact) mass is 408 g/mol. The molecule has 0 radical (unpaired) electrons. The standard InChI is InChI=1S/C19H25ClN4O2S/c1-15-19(14-24(21-15)17-6-2-3-7-17)27(25,26)23-11-9-22(10-12-23)18-8-4-5-16(20)13-18/h4-5,8,13-14,17H,2-3,6-7,9-12H2,1H3. The quantitative estimate of drug-likeness (QED) is 0.777. The van der Waals surface area contributed by atoms with Gasteiger partial charge < -0.3 is 4.90 Å². The SMILES string of the molecule is Cc1nn(C2CCCC2)cc1S(=O)(=O)N1CCN(c2cccc(Cl)c2)CC1. The minimum atomic E-state index is -3.52. The van der Waals surface area contributed by atoms with E-state index in [2.05, 4.69) is 10.00 Å². The fraction of sp³-hybridized carbons (Fsp3) is 0.526. The van der Waals surface area contributed by atoms with Gasteiger partial charge in [-0.1, -0.05) is 30.5 Å². The first-order valence-corrected chi connectivity index (χ1v) is 11.3. The van der Waals surface area contributed by atoms with Gasteiger partial charge in [-0.3, -0.25) is 4.68 Å². The van der Waals surface area contributed by atoms with Crippen LogP contribution >= 0.6 is 11.6 Å². The van der Waals surface area contributed by atoms with E-state index in [4.69, 9.17) is 11.6 Å². The van der Waals surface area contributed by atoms with Crippen molar-refractivity contribution in [3.63, 3.8) is 0 Å². The van der Waals surface area contributed by atoms with Gasteiger partial charge in [0, 0.05) is 43.1 Å². The first-order valence-electron chi connectivity index (χ1n) is 9.51. The summed E-state index contributed by atoms with van der Waals surface area (Å²) in [6.45, 7) is 4.01. The third-order valence-corrected chi connectivity index (χ3v) is 7.84. The second kappa shape index (κ2) is 7.45. The Bertz CT molecular complexity index is 914. The molecule has 2 heterocycles. The highest BCUT2D eigenvalue weighted by Gasteiger charge is 2.32. The van der Waals surface area contributed by atoms with E-state index >= 15 is 0 Å². The van der Waals surface area contributed by atoms with Crippen molar-refractivity contribution in [2.45, 2.75) is 43.5 Å². The van der Waals surface area contributed by atoms with Crippen LogP contribution < -0.4 is 4.90 Å². The van der Waals surface area contributed by atoms with Gasteiger partial charge in [-0.05, 0) is 38.0 Å². The molecule has 1 saturated heterocycles. The van der Waals surface area contributed by atoms with Crippen molar-refractivity contribution in [2.24, 2.45) is 0 Å². The molecule has 8 heteroatoms. The Kier molecular flexibility index (Phi) is 5.18. The van der Waals surface area contributed by atoms with Crippen molar-refractivity contribution in [3.05, 3.63) is 41.2 Å². The first kappa shape index (κ1) is 18.8. The molecular weight excluding hydrogens is 384 g/mol. The normalized spacial score (nSPS) is 19.7. The molecule has 2 aromatic rings. The molecule has 0 unspecified atom stereocenters. The van der Waals surface area contributed by atoms with Gasteiger partial charge in [0.25, 0.3) is 0 Å². The van der Waals surface area contributed by atoms with Crippen LogP contribution in [-0.4, -0.2) is 48.7 Å². The average Bonchev–Trinajstić information content (AvgIpc) is 3.31. The van der Waals surface area contributed by atoms with Gasteiger partial charge in [0.05, 0.1) is 11.7 Å². The van der Waals surface area contributed by atoms with Crippen LogP contribution in [0.15, 0.2) is 35.4 Å². The van der Waals surface area contributed by atoms with Crippen LogP contribution in [0.25, 0.3) is 0 Å². The number of halogens is 1. The molecule has 0 bridgehead atoms. The zero-order valence-electron chi connectivity index (χ0n) is 15.5. The lowest BCUT2D eigenvalue weighted by atomic mass is 10.2. The van der Waals surface area contributed by atoms with Crippen molar-refractivity contribution in [1.29, 1.82) is 0 Å². The molecule has 146 valence electrons. The third kappa shape index (κ3) is 3.73. The number of anilines is 1. The number of hydrogen-bond donors (Lipinski definition) is 0. The molecule has 0 atom stereocenters. The molecule has 1 aliphatic heterocycles. The zero-order valence-corrected chi connectivity index (χ0v) is 17.1. The van der Waals surface area contributed by atoms with Crippen LogP contribution in [0.1, 0.15) is 37.4 Å². The maximum atomic E-state index is 13.2. The molecule has 6 nitrogen and oxygen atoms in total. The van der Waals surface area contributed by atoms with Gasteiger partial charge >= 0.3 is 0 Å². The number of piperazine rings is 1. The highest BCUT2D eigenvalue weighted by Crippen LogP contribution is 2.31. The molecule has 2 fully saturated rings. The second-order valence-corrected chi connectivity index (χ2v) is 9.71. The summed E-state index contributed by atoms with van der Waals surface area (Å²) >= 11 is 6.08. The number of rotatable bonds is 4. The maximum absolute atomic E-state index is 13.2. The molecule has 1 aliphatic carbocycles. The number of aromatic nitrogens is 2. The number of benzene rings is 1. The summed E-state index contributed by atoms with van der Waals surface area (Å²) in [6.07, 6.45) is 6.29. The predicted octanol–water partition coefficient (Wildman–Crippen LogP) is 3.47. The lowest BCUT2D eigenvalue weighted by Gasteiger charge is -2.35. The van der Waals surface area contributed by atoms with E-state index < -0.39 is 10.0 Å². The molecular formula is C19H25ClN4O2S. The third-order valence-electron chi connectivity index (χ3n) is 5.60. The minimum Gasteiger partial charge on any atom is -0.369 e. The molecule has 0 N–H and O–H groups in total. The molecule has 1 aromatic carbocycles.